The van der Waals surface area contributed by atoms with Crippen LogP contribution in [0, 0.1) is 17.0 Å². The van der Waals surface area contributed by atoms with Crippen LogP contribution in [0.1, 0.15) is 22.0 Å². The highest BCUT2D eigenvalue weighted by atomic mass is 32.1. The summed E-state index contributed by atoms with van der Waals surface area (Å²) >= 11 is 1.37. The second-order valence-corrected chi connectivity index (χ2v) is 8.09. The number of aliphatic hydroxyl groups is 1. The van der Waals surface area contributed by atoms with E-state index in [-0.39, 0.29) is 22.6 Å². The third-order valence-electron chi connectivity index (χ3n) is 5.30. The summed E-state index contributed by atoms with van der Waals surface area (Å²) in [4.78, 5) is 38.6. The number of hydrogen-bond donors (Lipinski definition) is 1. The molecule has 4 rings (SSSR count). The van der Waals surface area contributed by atoms with E-state index in [1.165, 1.54) is 47.6 Å². The predicted octanol–water partition coefficient (Wildman–Crippen LogP) is 4.60. The minimum absolute atomic E-state index is 0.0646. The molecule has 8 nitrogen and oxygen atoms in total. The molecule has 1 aromatic heterocycles. The molecule has 1 aliphatic rings. The first kappa shape index (κ1) is 21.3. The van der Waals surface area contributed by atoms with Gasteiger partial charge >= 0.3 is 0 Å². The van der Waals surface area contributed by atoms with Gasteiger partial charge < -0.3 is 9.84 Å². The lowest BCUT2D eigenvalue weighted by molar-refractivity contribution is -0.384. The Morgan fingerprint density at radius 3 is 2.28 bits per heavy atom. The molecule has 0 radical (unpaired) electrons. The molecule has 3 aromatic rings. The van der Waals surface area contributed by atoms with Gasteiger partial charge in [0, 0.05) is 28.3 Å². The molecule has 162 valence electrons. The SMILES string of the molecule is COc1ccc(N2C(=O)C(=O)/C(=C(\O)c3ccc([N+](=O)[O-])cc3)C2c2sccc2C)cc1. The van der Waals surface area contributed by atoms with Crippen molar-refractivity contribution in [3.05, 3.63) is 91.7 Å². The summed E-state index contributed by atoms with van der Waals surface area (Å²) in [5.41, 5.74) is 1.35. The molecule has 1 amide bonds. The second-order valence-electron chi connectivity index (χ2n) is 7.14. The highest BCUT2D eigenvalue weighted by Crippen LogP contribution is 2.45. The van der Waals surface area contributed by atoms with Crippen molar-refractivity contribution in [1.82, 2.24) is 0 Å². The lowest BCUT2D eigenvalue weighted by Gasteiger charge is -2.25. The van der Waals surface area contributed by atoms with E-state index in [9.17, 15) is 24.8 Å². The minimum atomic E-state index is -0.835. The number of methoxy groups -OCH3 is 1. The van der Waals surface area contributed by atoms with Crippen LogP contribution in [0.3, 0.4) is 0 Å². The van der Waals surface area contributed by atoms with Crippen LogP contribution >= 0.6 is 11.3 Å². The van der Waals surface area contributed by atoms with Gasteiger partial charge in [0.25, 0.3) is 17.4 Å². The predicted molar refractivity (Wildman–Crippen MR) is 120 cm³/mol. The number of anilines is 1. The Bertz CT molecular complexity index is 1240. The van der Waals surface area contributed by atoms with Crippen molar-refractivity contribution in [1.29, 1.82) is 0 Å². The Labute approximate surface area is 187 Å². The molecular formula is C23H18N2O6S. The molecule has 0 bridgehead atoms. The van der Waals surface area contributed by atoms with Crippen LogP contribution in [0.4, 0.5) is 11.4 Å². The molecule has 1 fully saturated rings. The number of hydrogen-bond acceptors (Lipinski definition) is 7. The summed E-state index contributed by atoms with van der Waals surface area (Å²) < 4.78 is 5.18. The number of ether oxygens (including phenoxy) is 1. The van der Waals surface area contributed by atoms with Gasteiger partial charge in [0.2, 0.25) is 0 Å². The number of nitro benzene ring substituents is 1. The zero-order valence-corrected chi connectivity index (χ0v) is 18.0. The average Bonchev–Trinajstić information content (AvgIpc) is 3.33. The Morgan fingerprint density at radius 2 is 1.75 bits per heavy atom. The van der Waals surface area contributed by atoms with Gasteiger partial charge in [-0.2, -0.15) is 0 Å². The Morgan fingerprint density at radius 1 is 1.09 bits per heavy atom. The van der Waals surface area contributed by atoms with E-state index in [1.54, 1.807) is 24.3 Å². The van der Waals surface area contributed by atoms with Crippen molar-refractivity contribution < 1.29 is 24.4 Å². The summed E-state index contributed by atoms with van der Waals surface area (Å²) in [5, 5.41) is 23.8. The van der Waals surface area contributed by atoms with Crippen LogP contribution < -0.4 is 9.64 Å². The number of benzene rings is 2. The van der Waals surface area contributed by atoms with E-state index in [1.807, 2.05) is 18.4 Å². The van der Waals surface area contributed by atoms with Gasteiger partial charge in [-0.15, -0.1) is 11.3 Å². The van der Waals surface area contributed by atoms with Crippen molar-refractivity contribution in [3.63, 3.8) is 0 Å². The quantitative estimate of drug-likeness (QED) is 0.200. The standard InChI is InChI=1S/C23H18N2O6S/c1-13-11-12-32-22(13)19-18(20(26)14-3-5-16(6-4-14)25(29)30)21(27)23(28)24(19)15-7-9-17(31-2)10-8-15/h3-12,19,26H,1-2H3/b20-18-. The lowest BCUT2D eigenvalue weighted by atomic mass is 9.98. The zero-order chi connectivity index (χ0) is 23.0. The van der Waals surface area contributed by atoms with Gasteiger partial charge in [0.1, 0.15) is 17.6 Å². The number of ketones is 1. The number of carbonyl (C=O) groups excluding carboxylic acids is 2. The fourth-order valence-electron chi connectivity index (χ4n) is 3.65. The number of amides is 1. The number of aryl methyl sites for hydroxylation is 1. The van der Waals surface area contributed by atoms with E-state index in [0.717, 1.165) is 10.4 Å². The first-order valence-electron chi connectivity index (χ1n) is 9.57. The molecule has 32 heavy (non-hydrogen) atoms. The van der Waals surface area contributed by atoms with Crippen molar-refractivity contribution in [2.24, 2.45) is 0 Å². The topological polar surface area (TPSA) is 110 Å². The van der Waals surface area contributed by atoms with E-state index in [4.69, 9.17) is 4.74 Å². The van der Waals surface area contributed by atoms with Crippen molar-refractivity contribution >= 4 is 40.2 Å². The molecule has 9 heteroatoms. The van der Waals surface area contributed by atoms with Crippen LogP contribution in [0.5, 0.6) is 5.75 Å². The maximum atomic E-state index is 13.1. The average molecular weight is 450 g/mol. The molecular weight excluding hydrogens is 432 g/mol. The summed E-state index contributed by atoms with van der Waals surface area (Å²) in [6.07, 6.45) is 0. The Kier molecular flexibility index (Phi) is 5.50. The fourth-order valence-corrected chi connectivity index (χ4v) is 4.68. The van der Waals surface area contributed by atoms with Gasteiger partial charge in [-0.3, -0.25) is 24.6 Å². The van der Waals surface area contributed by atoms with Crippen LogP contribution in [0.15, 0.2) is 65.6 Å². The largest absolute Gasteiger partial charge is 0.507 e. The maximum Gasteiger partial charge on any atom is 0.300 e. The molecule has 1 aliphatic heterocycles. The maximum absolute atomic E-state index is 13.1. The van der Waals surface area contributed by atoms with Crippen LogP contribution in [-0.2, 0) is 9.59 Å². The zero-order valence-electron chi connectivity index (χ0n) is 17.1. The number of non-ortho nitro benzene ring substituents is 1. The minimum Gasteiger partial charge on any atom is -0.507 e. The van der Waals surface area contributed by atoms with Crippen molar-refractivity contribution in [2.45, 2.75) is 13.0 Å². The van der Waals surface area contributed by atoms with Crippen LogP contribution in [-0.4, -0.2) is 28.8 Å². The van der Waals surface area contributed by atoms with Gasteiger partial charge in [-0.1, -0.05) is 0 Å². The van der Waals surface area contributed by atoms with E-state index in [0.29, 0.717) is 11.4 Å². The molecule has 1 saturated heterocycles. The smallest absolute Gasteiger partial charge is 0.300 e. The summed E-state index contributed by atoms with van der Waals surface area (Å²) in [6, 6.07) is 12.9. The number of nitro groups is 1. The summed E-state index contributed by atoms with van der Waals surface area (Å²) in [6.45, 7) is 1.87. The Balaban J connectivity index is 1.89. The number of rotatable bonds is 5. The van der Waals surface area contributed by atoms with Gasteiger partial charge in [-0.25, -0.2) is 0 Å². The van der Waals surface area contributed by atoms with Crippen molar-refractivity contribution in [3.8, 4) is 5.75 Å². The number of carbonyl (C=O) groups is 2. The molecule has 0 spiro atoms. The van der Waals surface area contributed by atoms with E-state index >= 15 is 0 Å². The molecule has 2 heterocycles. The molecule has 0 aliphatic carbocycles. The summed E-state index contributed by atoms with van der Waals surface area (Å²) in [5.74, 6) is -1.38. The second kappa shape index (κ2) is 8.27. The van der Waals surface area contributed by atoms with E-state index in [2.05, 4.69) is 0 Å². The monoisotopic (exact) mass is 450 g/mol. The highest BCUT2D eigenvalue weighted by molar-refractivity contribution is 7.10. The fraction of sp³-hybridized carbons (Fsp3) is 0.130. The molecule has 1 N–H and O–H groups in total. The first-order valence-corrected chi connectivity index (χ1v) is 10.4. The highest BCUT2D eigenvalue weighted by Gasteiger charge is 2.47. The third-order valence-corrected chi connectivity index (χ3v) is 6.37. The van der Waals surface area contributed by atoms with Gasteiger partial charge in [0.05, 0.1) is 17.6 Å². The number of Topliss-reactive ketones (excluding diaryl/α,β-unsaturated/α-hetero) is 1. The first-order chi connectivity index (χ1) is 15.3. The molecule has 1 atom stereocenters. The lowest BCUT2D eigenvalue weighted by Crippen LogP contribution is -2.29. The van der Waals surface area contributed by atoms with Gasteiger partial charge in [0.15, 0.2) is 0 Å². The van der Waals surface area contributed by atoms with Gasteiger partial charge in [-0.05, 0) is 60.3 Å². The number of thiophene rings is 1. The normalized spacial score (nSPS) is 17.6. The van der Waals surface area contributed by atoms with Crippen molar-refractivity contribution in [2.75, 3.05) is 12.0 Å². The molecule has 0 saturated carbocycles. The number of aliphatic hydroxyl groups excluding tert-OH is 1. The van der Waals surface area contributed by atoms with E-state index < -0.39 is 22.7 Å². The number of nitrogens with zero attached hydrogens (tertiary/aromatic N) is 2. The Hall–Kier alpha value is -3.98. The summed E-state index contributed by atoms with van der Waals surface area (Å²) in [7, 11) is 1.53. The van der Waals surface area contributed by atoms with Crippen LogP contribution in [0.25, 0.3) is 5.76 Å². The molecule has 2 aromatic carbocycles. The van der Waals surface area contributed by atoms with Crippen LogP contribution in [0.2, 0.25) is 0 Å². The third kappa shape index (κ3) is 3.52. The molecule has 1 unspecified atom stereocenters.